The molecule has 3 heteroatoms. The number of nitrogens with zero attached hydrogens (tertiary/aromatic N) is 3. The zero-order chi connectivity index (χ0) is 38.4. The molecule has 0 fully saturated rings. The van der Waals surface area contributed by atoms with Gasteiger partial charge < -0.3 is 0 Å². The van der Waals surface area contributed by atoms with Gasteiger partial charge in [0.2, 0.25) is 0 Å². The lowest BCUT2D eigenvalue weighted by molar-refractivity contribution is 0.602. The zero-order valence-corrected chi connectivity index (χ0v) is 32.2. The maximum absolute atomic E-state index is 5.35. The summed E-state index contributed by atoms with van der Waals surface area (Å²) < 4.78 is 2.19. The third-order valence-corrected chi connectivity index (χ3v) is 12.2. The van der Waals surface area contributed by atoms with Crippen molar-refractivity contribution in [3.63, 3.8) is 0 Å². The number of pyridine rings is 1. The lowest BCUT2D eigenvalue weighted by Gasteiger charge is -2.34. The summed E-state index contributed by atoms with van der Waals surface area (Å²) in [7, 11) is 0. The highest BCUT2D eigenvalue weighted by Gasteiger charge is 2.37. The van der Waals surface area contributed by atoms with Crippen molar-refractivity contribution >= 4 is 22.3 Å². The van der Waals surface area contributed by atoms with Crippen LogP contribution in [0.5, 0.6) is 0 Å². The first-order valence-corrected chi connectivity index (χ1v) is 20.4. The summed E-state index contributed by atoms with van der Waals surface area (Å²) in [5.74, 6) is 1.48. The fraction of sp³-hybridized carbons (Fsp3) is 0.0909. The molecule has 0 radical (unpaired) electrons. The van der Waals surface area contributed by atoms with E-state index in [2.05, 4.69) is 187 Å². The first kappa shape index (κ1) is 34.2. The number of hydrogen-bond acceptors (Lipinski definition) is 2. The molecule has 0 bridgehead atoms. The molecule has 3 aliphatic carbocycles. The van der Waals surface area contributed by atoms with E-state index in [0.29, 0.717) is 5.92 Å². The highest BCUT2D eigenvalue weighted by Crippen LogP contribution is 2.49. The second-order valence-corrected chi connectivity index (χ2v) is 15.6. The Morgan fingerprint density at radius 1 is 0.569 bits per heavy atom. The number of fused-ring (bicyclic) bond motifs is 3. The van der Waals surface area contributed by atoms with Crippen LogP contribution in [-0.4, -0.2) is 14.5 Å². The Kier molecular flexibility index (Phi) is 8.51. The molecule has 276 valence electrons. The molecule has 58 heavy (non-hydrogen) atoms. The quantitative estimate of drug-likeness (QED) is 0.163. The van der Waals surface area contributed by atoms with Crippen LogP contribution >= 0.6 is 0 Å². The van der Waals surface area contributed by atoms with E-state index < -0.39 is 0 Å². The van der Waals surface area contributed by atoms with Gasteiger partial charge in [-0.3, -0.25) is 4.57 Å². The number of rotatable bonds is 7. The summed E-state index contributed by atoms with van der Waals surface area (Å²) in [6, 6.07) is 61.3. The molecule has 3 aliphatic rings. The third-order valence-electron chi connectivity index (χ3n) is 12.2. The fourth-order valence-corrected chi connectivity index (χ4v) is 9.56. The lowest BCUT2D eigenvalue weighted by atomic mass is 9.69. The van der Waals surface area contributed by atoms with Crippen molar-refractivity contribution in [1.82, 2.24) is 14.5 Å². The minimum atomic E-state index is 0.270. The lowest BCUT2D eigenvalue weighted by Crippen LogP contribution is -2.23. The van der Waals surface area contributed by atoms with Crippen LogP contribution in [0.2, 0.25) is 0 Å². The Balaban J connectivity index is 1.01. The van der Waals surface area contributed by atoms with Crippen LogP contribution in [0.15, 0.2) is 212 Å². The maximum atomic E-state index is 5.35. The first-order valence-electron chi connectivity index (χ1n) is 20.4. The second kappa shape index (κ2) is 14.4. The van der Waals surface area contributed by atoms with E-state index in [-0.39, 0.29) is 5.92 Å². The Hall–Kier alpha value is -7.10. The van der Waals surface area contributed by atoms with Crippen LogP contribution in [0.25, 0.3) is 61.6 Å². The molecule has 11 rings (SSSR count). The van der Waals surface area contributed by atoms with Crippen molar-refractivity contribution in [1.29, 1.82) is 0 Å². The normalized spacial score (nSPS) is 17.2. The van der Waals surface area contributed by atoms with Gasteiger partial charge in [0.1, 0.15) is 11.3 Å². The van der Waals surface area contributed by atoms with Gasteiger partial charge in [-0.2, -0.15) is 0 Å². The van der Waals surface area contributed by atoms with Crippen molar-refractivity contribution in [3.05, 3.63) is 233 Å². The van der Waals surface area contributed by atoms with Crippen molar-refractivity contribution in [2.45, 2.75) is 25.2 Å². The molecule has 0 saturated carbocycles. The van der Waals surface area contributed by atoms with Crippen molar-refractivity contribution in [2.75, 3.05) is 0 Å². The second-order valence-electron chi connectivity index (χ2n) is 15.6. The van der Waals surface area contributed by atoms with Crippen molar-refractivity contribution in [3.8, 4) is 39.3 Å². The topological polar surface area (TPSA) is 30.7 Å². The number of aromatic nitrogens is 3. The first-order chi connectivity index (χ1) is 28.8. The molecule has 2 heterocycles. The largest absolute Gasteiger partial charge is 0.277 e. The van der Waals surface area contributed by atoms with E-state index >= 15 is 0 Å². The van der Waals surface area contributed by atoms with E-state index in [1.54, 1.807) is 0 Å². The molecule has 3 nitrogen and oxygen atoms in total. The molecule has 2 aromatic heterocycles. The zero-order valence-electron chi connectivity index (χ0n) is 32.2. The molecule has 0 N–H and O–H groups in total. The van der Waals surface area contributed by atoms with Gasteiger partial charge in [-0.05, 0) is 110 Å². The molecule has 0 amide bonds. The SMILES string of the molecule is C1=CC(C2=CC3=c4ccccc4=C(c4ccc(-c5cccc(-c6nc7c(-c8ccccc8)ccnc7n6-c6ccccc6)c5)cc4)C3C(c3ccccc3)C2)=CCC1. The molecule has 0 spiro atoms. The molecule has 6 aromatic carbocycles. The maximum Gasteiger partial charge on any atom is 0.165 e. The molecular formula is C55H41N3. The van der Waals surface area contributed by atoms with Crippen LogP contribution in [0, 0.1) is 5.92 Å². The van der Waals surface area contributed by atoms with Gasteiger partial charge in [-0.1, -0.05) is 170 Å². The van der Waals surface area contributed by atoms with Gasteiger partial charge in [0.25, 0.3) is 0 Å². The van der Waals surface area contributed by atoms with Gasteiger partial charge in [0, 0.05) is 28.9 Å². The smallest absolute Gasteiger partial charge is 0.165 e. The Morgan fingerprint density at radius 3 is 2.03 bits per heavy atom. The Morgan fingerprint density at radius 2 is 1.26 bits per heavy atom. The summed E-state index contributed by atoms with van der Waals surface area (Å²) in [4.78, 5) is 10.2. The Bertz CT molecular complexity index is 3060. The van der Waals surface area contributed by atoms with E-state index in [9.17, 15) is 0 Å². The van der Waals surface area contributed by atoms with Gasteiger partial charge in [0.15, 0.2) is 5.65 Å². The number of hydrogen-bond donors (Lipinski definition) is 0. The van der Waals surface area contributed by atoms with Crippen LogP contribution in [-0.2, 0) is 0 Å². The van der Waals surface area contributed by atoms with Gasteiger partial charge >= 0.3 is 0 Å². The van der Waals surface area contributed by atoms with Gasteiger partial charge in [-0.25, -0.2) is 9.97 Å². The summed E-state index contributed by atoms with van der Waals surface area (Å²) >= 11 is 0. The molecule has 8 aromatic rings. The minimum absolute atomic E-state index is 0.270. The Labute approximate surface area is 339 Å². The molecule has 2 unspecified atom stereocenters. The fourth-order valence-electron chi connectivity index (χ4n) is 9.56. The highest BCUT2D eigenvalue weighted by atomic mass is 15.1. The predicted molar refractivity (Wildman–Crippen MR) is 239 cm³/mol. The number of para-hydroxylation sites is 1. The highest BCUT2D eigenvalue weighted by molar-refractivity contribution is 5.93. The van der Waals surface area contributed by atoms with Crippen molar-refractivity contribution in [2.24, 2.45) is 5.92 Å². The molecular weight excluding hydrogens is 703 g/mol. The molecule has 0 aliphatic heterocycles. The molecule has 0 saturated heterocycles. The van der Waals surface area contributed by atoms with E-state index in [1.807, 2.05) is 18.3 Å². The number of allylic oxidation sites excluding steroid dienone is 6. The summed E-state index contributed by atoms with van der Waals surface area (Å²) in [6.45, 7) is 0. The van der Waals surface area contributed by atoms with Crippen LogP contribution in [0.3, 0.4) is 0 Å². The van der Waals surface area contributed by atoms with Crippen molar-refractivity contribution < 1.29 is 0 Å². The standard InChI is InChI=1S/C55H41N3/c1-5-16-37(17-6-1)44-35-49(40-20-9-3-10-21-40)52-50(36-44)47-26-13-14-27-48(47)51(52)41-30-28-38(29-31-41)42-22-15-23-43(34-42)54-57-53-46(39-18-7-2-8-19-39)32-33-56-55(53)58(54)45-24-11-4-12-25-45/h2-5,7-34,36,49,52H,1,6,35H2. The van der Waals surface area contributed by atoms with Crippen LogP contribution in [0.4, 0.5) is 0 Å². The van der Waals surface area contributed by atoms with E-state index in [4.69, 9.17) is 9.97 Å². The van der Waals surface area contributed by atoms with Gasteiger partial charge in [0.05, 0.1) is 0 Å². The van der Waals surface area contributed by atoms with Gasteiger partial charge in [-0.15, -0.1) is 0 Å². The third kappa shape index (κ3) is 5.90. The van der Waals surface area contributed by atoms with Crippen LogP contribution < -0.4 is 10.4 Å². The minimum Gasteiger partial charge on any atom is -0.277 e. The van der Waals surface area contributed by atoms with Crippen LogP contribution in [0.1, 0.15) is 36.3 Å². The van der Waals surface area contributed by atoms with E-state index in [1.165, 1.54) is 49.4 Å². The summed E-state index contributed by atoms with van der Waals surface area (Å²) in [5.41, 5.74) is 16.7. The average molecular weight is 744 g/mol. The number of imidazole rings is 1. The number of benzene rings is 6. The monoisotopic (exact) mass is 743 g/mol. The average Bonchev–Trinajstić information content (AvgIpc) is 3.87. The summed E-state index contributed by atoms with van der Waals surface area (Å²) in [6.07, 6.45) is 14.8. The van der Waals surface area contributed by atoms with E-state index in [0.717, 1.165) is 64.2 Å². The molecule has 2 atom stereocenters. The summed E-state index contributed by atoms with van der Waals surface area (Å²) in [5, 5.41) is 2.72. The predicted octanol–water partition coefficient (Wildman–Crippen LogP) is 11.8.